The highest BCUT2D eigenvalue weighted by molar-refractivity contribution is 9.11. The quantitative estimate of drug-likeness (QED) is 0.619. The zero-order valence-corrected chi connectivity index (χ0v) is 13.7. The Kier molecular flexibility index (Phi) is 4.77. The average Bonchev–Trinajstić information content (AvgIpc) is 2.70. The van der Waals surface area contributed by atoms with Crippen LogP contribution in [0.2, 0.25) is 0 Å². The Morgan fingerprint density at radius 2 is 2.05 bits per heavy atom. The third-order valence-corrected chi connectivity index (χ3v) is 3.61. The zero-order chi connectivity index (χ0) is 14.7. The molecule has 0 saturated carbocycles. The van der Waals surface area contributed by atoms with Gasteiger partial charge in [-0.25, -0.2) is 9.80 Å². The Hall–Kier alpha value is -1.41. The molecule has 1 saturated heterocycles. The zero-order valence-electron chi connectivity index (χ0n) is 10.5. The Bertz CT molecular complexity index is 566. The molecule has 1 heterocycles. The molecule has 1 aromatic carbocycles. The molecule has 0 bridgehead atoms. The number of rotatable bonds is 4. The summed E-state index contributed by atoms with van der Waals surface area (Å²) in [5, 5.41) is 7.19. The SMILES string of the molecule is CCOc1c(Br)cc(/C=N\N2CC(=O)NC2=O)cc1Br. The standard InChI is InChI=1S/C12H11Br2N3O3/c1-2-20-11-8(13)3-7(4-9(11)14)5-15-17-6-10(18)16-12(17)19/h3-5H,2,6H2,1H3,(H,16,18,19)/b15-5-. The summed E-state index contributed by atoms with van der Waals surface area (Å²) in [7, 11) is 0. The highest BCUT2D eigenvalue weighted by atomic mass is 79.9. The Morgan fingerprint density at radius 1 is 1.40 bits per heavy atom. The van der Waals surface area contributed by atoms with Gasteiger partial charge in [0.1, 0.15) is 12.3 Å². The van der Waals surface area contributed by atoms with Crippen molar-refractivity contribution < 1.29 is 14.3 Å². The molecule has 20 heavy (non-hydrogen) atoms. The Morgan fingerprint density at radius 3 is 2.55 bits per heavy atom. The van der Waals surface area contributed by atoms with Crippen molar-refractivity contribution in [1.82, 2.24) is 10.3 Å². The molecular formula is C12H11Br2N3O3. The predicted octanol–water partition coefficient (Wildman–Crippen LogP) is 2.50. The van der Waals surface area contributed by atoms with Gasteiger partial charge in [0, 0.05) is 0 Å². The van der Waals surface area contributed by atoms with Crippen LogP contribution in [0.4, 0.5) is 4.79 Å². The minimum Gasteiger partial charge on any atom is -0.492 e. The molecule has 6 nitrogen and oxygen atoms in total. The van der Waals surface area contributed by atoms with E-state index in [0.717, 1.165) is 19.5 Å². The molecular weight excluding hydrogens is 394 g/mol. The molecule has 3 amide bonds. The van der Waals surface area contributed by atoms with Gasteiger partial charge in [0.15, 0.2) is 0 Å². The number of nitrogens with one attached hydrogen (secondary N) is 1. The first-order chi connectivity index (χ1) is 9.51. The highest BCUT2D eigenvalue weighted by Gasteiger charge is 2.25. The second kappa shape index (κ2) is 6.36. The summed E-state index contributed by atoms with van der Waals surface area (Å²) in [5.41, 5.74) is 0.763. The van der Waals surface area contributed by atoms with Crippen LogP contribution in [0.25, 0.3) is 0 Å². The molecule has 0 radical (unpaired) electrons. The fourth-order valence-corrected chi connectivity index (χ4v) is 3.05. The van der Waals surface area contributed by atoms with Crippen molar-refractivity contribution >= 4 is 50.0 Å². The molecule has 1 aromatic rings. The van der Waals surface area contributed by atoms with Crippen molar-refractivity contribution in [3.8, 4) is 5.75 Å². The van der Waals surface area contributed by atoms with Crippen LogP contribution < -0.4 is 10.1 Å². The van der Waals surface area contributed by atoms with E-state index in [-0.39, 0.29) is 12.5 Å². The largest absolute Gasteiger partial charge is 0.492 e. The third kappa shape index (κ3) is 3.37. The van der Waals surface area contributed by atoms with Crippen LogP contribution in [-0.4, -0.2) is 36.3 Å². The number of imide groups is 1. The number of halogens is 2. The van der Waals surface area contributed by atoms with Crippen LogP contribution in [-0.2, 0) is 4.79 Å². The number of nitrogens with zero attached hydrogens (tertiary/aromatic N) is 2. The van der Waals surface area contributed by atoms with Crippen LogP contribution in [0.15, 0.2) is 26.2 Å². The van der Waals surface area contributed by atoms with E-state index in [9.17, 15) is 9.59 Å². The number of carbonyl (C=O) groups is 2. The summed E-state index contributed by atoms with van der Waals surface area (Å²) >= 11 is 6.82. The predicted molar refractivity (Wildman–Crippen MR) is 80.8 cm³/mol. The average molecular weight is 405 g/mol. The van der Waals surface area contributed by atoms with Crippen LogP contribution in [0, 0.1) is 0 Å². The van der Waals surface area contributed by atoms with E-state index in [1.165, 1.54) is 6.21 Å². The van der Waals surface area contributed by atoms with Crippen molar-refractivity contribution in [2.45, 2.75) is 6.92 Å². The molecule has 1 N–H and O–H groups in total. The van der Waals surface area contributed by atoms with Gasteiger partial charge >= 0.3 is 6.03 Å². The summed E-state index contributed by atoms with van der Waals surface area (Å²) in [5.74, 6) is 0.347. The lowest BCUT2D eigenvalue weighted by Gasteiger charge is -2.09. The summed E-state index contributed by atoms with van der Waals surface area (Å²) in [4.78, 5) is 22.3. The number of benzene rings is 1. The fraction of sp³-hybridized carbons (Fsp3) is 0.250. The van der Waals surface area contributed by atoms with E-state index in [2.05, 4.69) is 42.3 Å². The second-order valence-electron chi connectivity index (χ2n) is 3.90. The maximum atomic E-state index is 11.3. The molecule has 1 aliphatic heterocycles. The van der Waals surface area contributed by atoms with Crippen molar-refractivity contribution in [2.24, 2.45) is 5.10 Å². The van der Waals surface area contributed by atoms with Gasteiger partial charge in [-0.15, -0.1) is 0 Å². The van der Waals surface area contributed by atoms with E-state index in [4.69, 9.17) is 4.74 Å². The first-order valence-electron chi connectivity index (χ1n) is 5.78. The first kappa shape index (κ1) is 15.0. The van der Waals surface area contributed by atoms with Gasteiger partial charge in [0.05, 0.1) is 21.8 Å². The number of hydrogen-bond donors (Lipinski definition) is 1. The normalized spacial score (nSPS) is 15.1. The van der Waals surface area contributed by atoms with Gasteiger partial charge in [-0.05, 0) is 56.5 Å². The van der Waals surface area contributed by atoms with Gasteiger partial charge in [-0.3, -0.25) is 10.1 Å². The van der Waals surface area contributed by atoms with Crippen LogP contribution in [0.3, 0.4) is 0 Å². The highest BCUT2D eigenvalue weighted by Crippen LogP contribution is 2.34. The summed E-state index contributed by atoms with van der Waals surface area (Å²) < 4.78 is 7.02. The molecule has 8 heteroatoms. The van der Waals surface area contributed by atoms with Crippen molar-refractivity contribution in [1.29, 1.82) is 0 Å². The van der Waals surface area contributed by atoms with Crippen LogP contribution in [0.5, 0.6) is 5.75 Å². The van der Waals surface area contributed by atoms with Gasteiger partial charge in [-0.1, -0.05) is 0 Å². The van der Waals surface area contributed by atoms with Crippen molar-refractivity contribution in [3.05, 3.63) is 26.6 Å². The summed E-state index contributed by atoms with van der Waals surface area (Å²) in [6.45, 7) is 2.40. The second-order valence-corrected chi connectivity index (χ2v) is 5.61. The molecule has 0 spiro atoms. The van der Waals surface area contributed by atoms with Crippen molar-refractivity contribution in [2.75, 3.05) is 13.2 Å². The van der Waals surface area contributed by atoms with Crippen LogP contribution >= 0.6 is 31.9 Å². The number of hydrogen-bond acceptors (Lipinski definition) is 4. The lowest BCUT2D eigenvalue weighted by molar-refractivity contribution is -0.118. The van der Waals surface area contributed by atoms with Gasteiger partial charge in [0.25, 0.3) is 0 Å². The lowest BCUT2D eigenvalue weighted by Crippen LogP contribution is -2.24. The molecule has 1 aliphatic rings. The van der Waals surface area contributed by atoms with E-state index in [1.54, 1.807) is 0 Å². The topological polar surface area (TPSA) is 71.0 Å². The van der Waals surface area contributed by atoms with Gasteiger partial charge in [0.2, 0.25) is 5.91 Å². The van der Waals surface area contributed by atoms with E-state index in [0.29, 0.717) is 12.4 Å². The maximum Gasteiger partial charge on any atom is 0.344 e. The van der Waals surface area contributed by atoms with E-state index < -0.39 is 6.03 Å². The number of amides is 3. The number of urea groups is 1. The minimum absolute atomic E-state index is 0.0608. The van der Waals surface area contributed by atoms with E-state index >= 15 is 0 Å². The fourth-order valence-electron chi connectivity index (χ4n) is 1.60. The lowest BCUT2D eigenvalue weighted by atomic mass is 10.2. The molecule has 106 valence electrons. The van der Waals surface area contributed by atoms with E-state index in [1.807, 2.05) is 19.1 Å². The third-order valence-electron chi connectivity index (χ3n) is 2.43. The number of carbonyl (C=O) groups excluding carboxylic acids is 2. The molecule has 0 aromatic heterocycles. The number of ether oxygens (including phenoxy) is 1. The summed E-state index contributed by atoms with van der Waals surface area (Å²) in [6, 6.07) is 3.11. The summed E-state index contributed by atoms with van der Waals surface area (Å²) in [6.07, 6.45) is 1.50. The molecule has 0 aliphatic carbocycles. The molecule has 1 fully saturated rings. The smallest absolute Gasteiger partial charge is 0.344 e. The minimum atomic E-state index is -0.518. The Labute approximate surface area is 132 Å². The molecule has 2 rings (SSSR count). The Balaban J connectivity index is 2.18. The van der Waals surface area contributed by atoms with Gasteiger partial charge in [-0.2, -0.15) is 5.10 Å². The molecule has 0 unspecified atom stereocenters. The number of hydrazone groups is 1. The van der Waals surface area contributed by atoms with Gasteiger partial charge < -0.3 is 4.74 Å². The van der Waals surface area contributed by atoms with Crippen LogP contribution in [0.1, 0.15) is 12.5 Å². The maximum absolute atomic E-state index is 11.3. The van der Waals surface area contributed by atoms with Crippen molar-refractivity contribution in [3.63, 3.8) is 0 Å². The monoisotopic (exact) mass is 403 g/mol. The first-order valence-corrected chi connectivity index (χ1v) is 7.37. The molecule has 0 atom stereocenters.